The average Bonchev–Trinajstić information content (AvgIpc) is 2.30. The first-order chi connectivity index (χ1) is 7.74. The maximum atomic E-state index is 5.85. The van der Waals surface area contributed by atoms with E-state index in [1.165, 1.54) is 12.8 Å². The van der Waals surface area contributed by atoms with Crippen LogP contribution in [-0.2, 0) is 0 Å². The number of aromatic nitrogens is 2. The van der Waals surface area contributed by atoms with Crippen molar-refractivity contribution in [3.05, 3.63) is 18.1 Å². The highest BCUT2D eigenvalue weighted by atomic mass is 15.3. The fraction of sp³-hybridized carbons (Fsp3) is 0.667. The van der Waals surface area contributed by atoms with Crippen LogP contribution in [0.1, 0.15) is 31.9 Å². The Labute approximate surface area is 96.9 Å². The molecule has 0 aliphatic carbocycles. The van der Waals surface area contributed by atoms with Gasteiger partial charge in [0.15, 0.2) is 5.82 Å². The molecule has 16 heavy (non-hydrogen) atoms. The molecule has 1 aliphatic heterocycles. The molecule has 2 unspecified atom stereocenters. The second-order valence-corrected chi connectivity index (χ2v) is 4.54. The van der Waals surface area contributed by atoms with E-state index in [-0.39, 0.29) is 0 Å². The maximum Gasteiger partial charge on any atom is 0.150 e. The Bertz CT molecular complexity index is 353. The van der Waals surface area contributed by atoms with E-state index in [0.717, 1.165) is 17.9 Å². The van der Waals surface area contributed by atoms with Gasteiger partial charge in [-0.05, 0) is 33.1 Å². The Morgan fingerprint density at radius 2 is 2.12 bits per heavy atom. The quantitative estimate of drug-likeness (QED) is 0.820. The molecule has 2 N–H and O–H groups in total. The van der Waals surface area contributed by atoms with Crippen molar-refractivity contribution in [3.8, 4) is 0 Å². The fourth-order valence-corrected chi connectivity index (χ4v) is 2.55. The predicted molar refractivity (Wildman–Crippen MR) is 65.4 cm³/mol. The number of rotatable bonds is 2. The zero-order valence-electron chi connectivity index (χ0n) is 10.1. The number of nitrogens with two attached hydrogens (primary N) is 1. The summed E-state index contributed by atoms with van der Waals surface area (Å²) in [4.78, 5) is 11.1. The number of piperidine rings is 1. The van der Waals surface area contributed by atoms with Crippen LogP contribution in [0.15, 0.2) is 12.4 Å². The number of hydrogen-bond acceptors (Lipinski definition) is 4. The number of aryl methyl sites for hydroxylation is 1. The summed E-state index contributed by atoms with van der Waals surface area (Å²) in [6.07, 6.45) is 7.14. The minimum atomic E-state index is 0.416. The zero-order valence-corrected chi connectivity index (χ0v) is 10.1. The first-order valence-electron chi connectivity index (χ1n) is 6.00. The summed E-state index contributed by atoms with van der Waals surface area (Å²) >= 11 is 0. The molecule has 0 spiro atoms. The van der Waals surface area contributed by atoms with Gasteiger partial charge in [0.2, 0.25) is 0 Å². The molecular formula is C12H20N4. The molecule has 1 aliphatic rings. The number of anilines is 1. The predicted octanol–water partition coefficient (Wildman–Crippen LogP) is 1.49. The largest absolute Gasteiger partial charge is 0.348 e. The van der Waals surface area contributed by atoms with E-state index in [1.54, 1.807) is 12.4 Å². The lowest BCUT2D eigenvalue weighted by atomic mass is 9.96. The van der Waals surface area contributed by atoms with Crippen LogP contribution in [0.2, 0.25) is 0 Å². The summed E-state index contributed by atoms with van der Waals surface area (Å²) in [5, 5.41) is 0. The lowest BCUT2D eigenvalue weighted by Crippen LogP contribution is -2.49. The lowest BCUT2D eigenvalue weighted by Gasteiger charge is -2.41. The van der Waals surface area contributed by atoms with Crippen LogP contribution in [-0.4, -0.2) is 28.6 Å². The standard InChI is InChI=1S/C12H20N4/c1-9-4-3-5-11(8-13)16(9)12-10(2)14-6-7-15-12/h6-7,9,11H,3-5,8,13H2,1-2H3. The van der Waals surface area contributed by atoms with Crippen LogP contribution in [0.5, 0.6) is 0 Å². The molecule has 2 heterocycles. The molecule has 1 saturated heterocycles. The van der Waals surface area contributed by atoms with Crippen molar-refractivity contribution < 1.29 is 0 Å². The van der Waals surface area contributed by atoms with Gasteiger partial charge < -0.3 is 10.6 Å². The highest BCUT2D eigenvalue weighted by Crippen LogP contribution is 2.28. The molecule has 1 aromatic rings. The first-order valence-corrected chi connectivity index (χ1v) is 6.00. The molecular weight excluding hydrogens is 200 g/mol. The number of nitrogens with zero attached hydrogens (tertiary/aromatic N) is 3. The molecule has 4 nitrogen and oxygen atoms in total. The maximum absolute atomic E-state index is 5.85. The Kier molecular flexibility index (Phi) is 3.39. The molecule has 0 radical (unpaired) electrons. The van der Waals surface area contributed by atoms with Gasteiger partial charge in [-0.25, -0.2) is 4.98 Å². The Hall–Kier alpha value is -1.16. The highest BCUT2D eigenvalue weighted by Gasteiger charge is 2.28. The Balaban J connectivity index is 2.32. The summed E-state index contributed by atoms with van der Waals surface area (Å²) < 4.78 is 0. The van der Waals surface area contributed by atoms with Gasteiger partial charge in [-0.2, -0.15) is 0 Å². The Morgan fingerprint density at radius 3 is 2.81 bits per heavy atom. The van der Waals surface area contributed by atoms with E-state index < -0.39 is 0 Å². The average molecular weight is 220 g/mol. The molecule has 4 heteroatoms. The lowest BCUT2D eigenvalue weighted by molar-refractivity contribution is 0.396. The van der Waals surface area contributed by atoms with E-state index in [0.29, 0.717) is 18.6 Å². The number of hydrogen-bond donors (Lipinski definition) is 1. The van der Waals surface area contributed by atoms with Crippen LogP contribution in [0, 0.1) is 6.92 Å². The van der Waals surface area contributed by atoms with Gasteiger partial charge in [0.05, 0.1) is 5.69 Å². The zero-order chi connectivity index (χ0) is 11.5. The molecule has 0 bridgehead atoms. The molecule has 88 valence electrons. The van der Waals surface area contributed by atoms with Gasteiger partial charge in [0, 0.05) is 31.0 Å². The van der Waals surface area contributed by atoms with Crippen LogP contribution in [0.25, 0.3) is 0 Å². The van der Waals surface area contributed by atoms with Crippen molar-refractivity contribution in [2.45, 2.75) is 45.2 Å². The molecule has 0 aromatic carbocycles. The van der Waals surface area contributed by atoms with Crippen molar-refractivity contribution in [3.63, 3.8) is 0 Å². The third-order valence-electron chi connectivity index (χ3n) is 3.40. The van der Waals surface area contributed by atoms with Crippen LogP contribution < -0.4 is 10.6 Å². The molecule has 1 fully saturated rings. The van der Waals surface area contributed by atoms with Gasteiger partial charge in [-0.1, -0.05) is 0 Å². The van der Waals surface area contributed by atoms with Gasteiger partial charge in [-0.3, -0.25) is 4.98 Å². The molecule has 2 rings (SSSR count). The second-order valence-electron chi connectivity index (χ2n) is 4.54. The SMILES string of the molecule is Cc1nccnc1N1C(C)CCCC1CN. The van der Waals surface area contributed by atoms with Crippen molar-refractivity contribution >= 4 is 5.82 Å². The van der Waals surface area contributed by atoms with Crippen LogP contribution in [0.4, 0.5) is 5.82 Å². The van der Waals surface area contributed by atoms with Gasteiger partial charge >= 0.3 is 0 Å². The summed E-state index contributed by atoms with van der Waals surface area (Å²) in [7, 11) is 0. The third-order valence-corrected chi connectivity index (χ3v) is 3.40. The minimum absolute atomic E-state index is 0.416. The Morgan fingerprint density at radius 1 is 1.38 bits per heavy atom. The molecule has 2 atom stereocenters. The van der Waals surface area contributed by atoms with Crippen molar-refractivity contribution in [1.82, 2.24) is 9.97 Å². The van der Waals surface area contributed by atoms with Crippen LogP contribution >= 0.6 is 0 Å². The minimum Gasteiger partial charge on any atom is -0.348 e. The monoisotopic (exact) mass is 220 g/mol. The van der Waals surface area contributed by atoms with Crippen LogP contribution in [0.3, 0.4) is 0 Å². The normalized spacial score (nSPS) is 25.8. The van der Waals surface area contributed by atoms with Gasteiger partial charge in [0.1, 0.15) is 0 Å². The van der Waals surface area contributed by atoms with Crippen molar-refractivity contribution in [2.75, 3.05) is 11.4 Å². The first kappa shape index (κ1) is 11.3. The molecule has 0 amide bonds. The van der Waals surface area contributed by atoms with E-state index >= 15 is 0 Å². The third kappa shape index (κ3) is 2.02. The molecule has 0 saturated carbocycles. The topological polar surface area (TPSA) is 55.0 Å². The van der Waals surface area contributed by atoms with Crippen molar-refractivity contribution in [2.24, 2.45) is 5.73 Å². The smallest absolute Gasteiger partial charge is 0.150 e. The van der Waals surface area contributed by atoms with Crippen molar-refractivity contribution in [1.29, 1.82) is 0 Å². The summed E-state index contributed by atoms with van der Waals surface area (Å²) in [5.74, 6) is 1.00. The van der Waals surface area contributed by atoms with E-state index in [4.69, 9.17) is 5.73 Å². The van der Waals surface area contributed by atoms with Gasteiger partial charge in [0.25, 0.3) is 0 Å². The molecule has 1 aromatic heterocycles. The summed E-state index contributed by atoms with van der Waals surface area (Å²) in [5.41, 5.74) is 6.85. The van der Waals surface area contributed by atoms with E-state index in [1.807, 2.05) is 6.92 Å². The van der Waals surface area contributed by atoms with E-state index in [2.05, 4.69) is 21.8 Å². The fourth-order valence-electron chi connectivity index (χ4n) is 2.55. The summed E-state index contributed by atoms with van der Waals surface area (Å²) in [6, 6.07) is 0.928. The summed E-state index contributed by atoms with van der Waals surface area (Å²) in [6.45, 7) is 4.95. The second kappa shape index (κ2) is 4.78. The van der Waals surface area contributed by atoms with E-state index in [9.17, 15) is 0 Å². The van der Waals surface area contributed by atoms with Gasteiger partial charge in [-0.15, -0.1) is 0 Å². The highest BCUT2D eigenvalue weighted by molar-refractivity contribution is 5.45.